The molecule has 0 heterocycles. The minimum absolute atomic E-state index is 0.374. The van der Waals surface area contributed by atoms with E-state index in [2.05, 4.69) is 25.7 Å². The molecule has 0 aromatic carbocycles. The van der Waals surface area contributed by atoms with Crippen LogP contribution >= 0.6 is 0 Å². The summed E-state index contributed by atoms with van der Waals surface area (Å²) in [6.07, 6.45) is 6.12. The van der Waals surface area contributed by atoms with E-state index in [0.29, 0.717) is 12.5 Å². The summed E-state index contributed by atoms with van der Waals surface area (Å²) in [6, 6.07) is 0. The molecule has 0 rings (SSSR count). The maximum Gasteiger partial charge on any atom is 0.0459 e. The molecule has 2 heteroatoms. The van der Waals surface area contributed by atoms with Gasteiger partial charge in [-0.25, -0.2) is 0 Å². The van der Waals surface area contributed by atoms with Gasteiger partial charge < -0.3 is 10.0 Å². The van der Waals surface area contributed by atoms with Crippen LogP contribution in [0, 0.1) is 5.92 Å². The Morgan fingerprint density at radius 3 is 2.13 bits per heavy atom. The van der Waals surface area contributed by atoms with Gasteiger partial charge >= 0.3 is 0 Å². The number of aliphatic hydroxyl groups is 1. The number of hydrogen-bond donors (Lipinski definition) is 1. The average Bonchev–Trinajstić information content (AvgIpc) is 2.28. The third-order valence-corrected chi connectivity index (χ3v) is 3.19. The fourth-order valence-electron chi connectivity index (χ4n) is 2.04. The second-order valence-corrected chi connectivity index (χ2v) is 4.36. The Morgan fingerprint density at radius 2 is 1.67 bits per heavy atom. The summed E-state index contributed by atoms with van der Waals surface area (Å²) >= 11 is 0. The van der Waals surface area contributed by atoms with E-state index in [1.165, 1.54) is 38.6 Å². The van der Waals surface area contributed by atoms with Gasteiger partial charge in [-0.05, 0) is 44.8 Å². The molecule has 0 aliphatic rings. The molecule has 0 aliphatic heterocycles. The molecule has 0 aromatic rings. The molecule has 0 spiro atoms. The normalized spacial score (nSPS) is 13.4. The first-order valence-electron chi connectivity index (χ1n) is 6.61. The minimum Gasteiger partial charge on any atom is -0.396 e. The molecule has 0 radical (unpaired) electrons. The van der Waals surface area contributed by atoms with Crippen LogP contribution in [-0.4, -0.2) is 36.2 Å². The lowest BCUT2D eigenvalue weighted by atomic mass is 9.98. The quantitative estimate of drug-likeness (QED) is 0.566. The third-order valence-electron chi connectivity index (χ3n) is 3.19. The van der Waals surface area contributed by atoms with Gasteiger partial charge in [0.05, 0.1) is 0 Å². The molecule has 0 fully saturated rings. The Hall–Kier alpha value is -0.0800. The predicted octanol–water partition coefficient (Wildman–Crippen LogP) is 2.91. The summed E-state index contributed by atoms with van der Waals surface area (Å²) in [5, 5.41) is 9.15. The predicted molar refractivity (Wildman–Crippen MR) is 67.1 cm³/mol. The summed E-state index contributed by atoms with van der Waals surface area (Å²) < 4.78 is 0. The zero-order chi connectivity index (χ0) is 11.5. The highest BCUT2D eigenvalue weighted by atomic mass is 16.3. The Morgan fingerprint density at radius 1 is 1.00 bits per heavy atom. The molecule has 0 unspecified atom stereocenters. The van der Waals surface area contributed by atoms with Crippen molar-refractivity contribution in [3.63, 3.8) is 0 Å². The monoisotopic (exact) mass is 215 g/mol. The first-order valence-corrected chi connectivity index (χ1v) is 6.61. The van der Waals surface area contributed by atoms with Crippen LogP contribution in [0.25, 0.3) is 0 Å². The van der Waals surface area contributed by atoms with Crippen molar-refractivity contribution in [2.24, 2.45) is 5.92 Å². The third kappa shape index (κ3) is 7.80. The van der Waals surface area contributed by atoms with Gasteiger partial charge in [-0.1, -0.05) is 33.6 Å². The van der Waals surface area contributed by atoms with Crippen molar-refractivity contribution < 1.29 is 5.11 Å². The van der Waals surface area contributed by atoms with Gasteiger partial charge in [-0.15, -0.1) is 0 Å². The maximum absolute atomic E-state index is 9.15. The molecular formula is C13H29NO. The first kappa shape index (κ1) is 14.9. The summed E-state index contributed by atoms with van der Waals surface area (Å²) in [5.41, 5.74) is 0. The van der Waals surface area contributed by atoms with E-state index >= 15 is 0 Å². The molecule has 1 N–H and O–H groups in total. The van der Waals surface area contributed by atoms with Crippen LogP contribution in [0.3, 0.4) is 0 Å². The van der Waals surface area contributed by atoms with Gasteiger partial charge in [0.15, 0.2) is 0 Å². The molecular weight excluding hydrogens is 186 g/mol. The summed E-state index contributed by atoms with van der Waals surface area (Å²) in [6.45, 7) is 10.5. The molecule has 0 bridgehead atoms. The number of nitrogens with zero attached hydrogens (tertiary/aromatic N) is 1. The zero-order valence-corrected chi connectivity index (χ0v) is 10.8. The Kier molecular flexibility index (Phi) is 10.4. The highest BCUT2D eigenvalue weighted by Gasteiger charge is 2.06. The summed E-state index contributed by atoms with van der Waals surface area (Å²) in [5.74, 6) is 0.548. The average molecular weight is 215 g/mol. The van der Waals surface area contributed by atoms with E-state index in [1.54, 1.807) is 0 Å². The van der Waals surface area contributed by atoms with Crippen molar-refractivity contribution in [2.75, 3.05) is 26.2 Å². The molecule has 0 aliphatic carbocycles. The molecule has 1 atom stereocenters. The maximum atomic E-state index is 9.15. The van der Waals surface area contributed by atoms with E-state index in [-0.39, 0.29) is 0 Å². The smallest absolute Gasteiger partial charge is 0.0459 e. The first-order chi connectivity index (χ1) is 7.28. The lowest BCUT2D eigenvalue weighted by molar-refractivity contribution is 0.203. The zero-order valence-electron chi connectivity index (χ0n) is 10.8. The molecule has 2 nitrogen and oxygen atoms in total. The van der Waals surface area contributed by atoms with Crippen molar-refractivity contribution in [1.29, 1.82) is 0 Å². The number of unbranched alkanes of at least 4 members (excludes halogenated alkanes) is 1. The van der Waals surface area contributed by atoms with E-state index in [4.69, 9.17) is 5.11 Å². The second-order valence-electron chi connectivity index (χ2n) is 4.36. The number of rotatable bonds is 10. The summed E-state index contributed by atoms with van der Waals surface area (Å²) in [4.78, 5) is 2.47. The lowest BCUT2D eigenvalue weighted by Gasteiger charge is -2.18. The highest BCUT2D eigenvalue weighted by Crippen LogP contribution is 2.14. The molecule has 92 valence electrons. The fraction of sp³-hybridized carbons (Fsp3) is 1.00. The van der Waals surface area contributed by atoms with E-state index < -0.39 is 0 Å². The van der Waals surface area contributed by atoms with Crippen molar-refractivity contribution in [1.82, 2.24) is 4.90 Å². The van der Waals surface area contributed by atoms with Gasteiger partial charge in [0.25, 0.3) is 0 Å². The Balaban J connectivity index is 3.42. The Bertz CT molecular complexity index is 124. The lowest BCUT2D eigenvalue weighted by Crippen LogP contribution is -2.24. The minimum atomic E-state index is 0.374. The van der Waals surface area contributed by atoms with Gasteiger partial charge in [-0.2, -0.15) is 0 Å². The van der Waals surface area contributed by atoms with Crippen molar-refractivity contribution >= 4 is 0 Å². The topological polar surface area (TPSA) is 23.5 Å². The SMILES string of the molecule is CCC[C@H](CO)CCCCN(CC)CC. The highest BCUT2D eigenvalue weighted by molar-refractivity contribution is 4.59. The van der Waals surface area contributed by atoms with Crippen molar-refractivity contribution in [2.45, 2.75) is 52.9 Å². The van der Waals surface area contributed by atoms with Gasteiger partial charge in [0, 0.05) is 6.61 Å². The van der Waals surface area contributed by atoms with E-state index in [0.717, 1.165) is 13.1 Å². The van der Waals surface area contributed by atoms with Gasteiger partial charge in [0.1, 0.15) is 0 Å². The number of aliphatic hydroxyl groups excluding tert-OH is 1. The molecule has 0 saturated carbocycles. The standard InChI is InChI=1S/C13H29NO/c1-4-9-13(12-15)10-7-8-11-14(5-2)6-3/h13,15H,4-12H2,1-3H3/t13-/m0/s1. The van der Waals surface area contributed by atoms with E-state index in [9.17, 15) is 0 Å². The van der Waals surface area contributed by atoms with Gasteiger partial charge in [-0.3, -0.25) is 0 Å². The molecule has 0 aromatic heterocycles. The fourth-order valence-corrected chi connectivity index (χ4v) is 2.04. The van der Waals surface area contributed by atoms with Crippen molar-refractivity contribution in [3.05, 3.63) is 0 Å². The number of hydrogen-bond acceptors (Lipinski definition) is 2. The van der Waals surface area contributed by atoms with Crippen LogP contribution in [0.4, 0.5) is 0 Å². The van der Waals surface area contributed by atoms with Crippen LogP contribution in [0.2, 0.25) is 0 Å². The van der Waals surface area contributed by atoms with Crippen LogP contribution in [0.5, 0.6) is 0 Å². The van der Waals surface area contributed by atoms with Crippen LogP contribution in [0.15, 0.2) is 0 Å². The molecule has 15 heavy (non-hydrogen) atoms. The second kappa shape index (κ2) is 10.4. The van der Waals surface area contributed by atoms with Crippen LogP contribution in [-0.2, 0) is 0 Å². The Labute approximate surface area is 95.7 Å². The van der Waals surface area contributed by atoms with Crippen molar-refractivity contribution in [3.8, 4) is 0 Å². The summed E-state index contributed by atoms with van der Waals surface area (Å²) in [7, 11) is 0. The molecule has 0 saturated heterocycles. The van der Waals surface area contributed by atoms with E-state index in [1.807, 2.05) is 0 Å². The largest absolute Gasteiger partial charge is 0.396 e. The van der Waals surface area contributed by atoms with Gasteiger partial charge in [0.2, 0.25) is 0 Å². The van der Waals surface area contributed by atoms with Crippen LogP contribution in [0.1, 0.15) is 52.9 Å². The van der Waals surface area contributed by atoms with Crippen LogP contribution < -0.4 is 0 Å². The molecule has 0 amide bonds.